The van der Waals surface area contributed by atoms with Gasteiger partial charge < -0.3 is 30.2 Å². The van der Waals surface area contributed by atoms with Gasteiger partial charge in [-0.05, 0) is 7.05 Å². The minimum Gasteiger partial charge on any atom is -0.394 e. The van der Waals surface area contributed by atoms with E-state index < -0.39 is 18.3 Å². The van der Waals surface area contributed by atoms with Crippen LogP contribution in [0.5, 0.6) is 0 Å². The summed E-state index contributed by atoms with van der Waals surface area (Å²) in [6.07, 6.45) is -1.63. The third kappa shape index (κ3) is 8.28. The van der Waals surface area contributed by atoms with Crippen molar-refractivity contribution in [2.45, 2.75) is 52.0 Å². The molecule has 4 unspecified atom stereocenters. The van der Waals surface area contributed by atoms with Gasteiger partial charge in [-0.1, -0.05) is 27.7 Å². The third-order valence-corrected chi connectivity index (χ3v) is 2.46. The molecule has 0 aromatic heterocycles. The first kappa shape index (κ1) is 20.8. The second-order valence-corrected chi connectivity index (χ2v) is 4.31. The largest absolute Gasteiger partial charge is 0.394 e. The van der Waals surface area contributed by atoms with Crippen molar-refractivity contribution in [3.05, 3.63) is 0 Å². The van der Waals surface area contributed by atoms with Gasteiger partial charge in [-0.25, -0.2) is 0 Å². The summed E-state index contributed by atoms with van der Waals surface area (Å²) in [7, 11) is 1.68. The van der Waals surface area contributed by atoms with Crippen molar-refractivity contribution in [2.75, 3.05) is 20.3 Å². The fourth-order valence-electron chi connectivity index (χ4n) is 1.30. The predicted molar refractivity (Wildman–Crippen MR) is 73.9 cm³/mol. The lowest BCUT2D eigenvalue weighted by Crippen LogP contribution is -2.58. The van der Waals surface area contributed by atoms with Gasteiger partial charge in [-0.3, -0.25) is 0 Å². The molecule has 1 fully saturated rings. The van der Waals surface area contributed by atoms with E-state index in [1.54, 1.807) is 7.05 Å². The zero-order valence-electron chi connectivity index (χ0n) is 12.5. The van der Waals surface area contributed by atoms with Crippen molar-refractivity contribution < 1.29 is 24.9 Å². The van der Waals surface area contributed by atoms with Gasteiger partial charge in [-0.15, -0.1) is 0 Å². The van der Waals surface area contributed by atoms with E-state index in [4.69, 9.17) is 9.84 Å². The van der Waals surface area contributed by atoms with Crippen LogP contribution >= 0.6 is 0 Å². The summed E-state index contributed by atoms with van der Waals surface area (Å²) in [5.74, 6) is 0.204. The number of aldehydes is 1. The Morgan fingerprint density at radius 3 is 2.11 bits per heavy atom. The Hall–Kier alpha value is -0.530. The lowest BCUT2D eigenvalue weighted by atomic mass is 9.99. The van der Waals surface area contributed by atoms with E-state index in [1.165, 1.54) is 0 Å². The van der Waals surface area contributed by atoms with Crippen LogP contribution in [0.4, 0.5) is 0 Å². The van der Waals surface area contributed by atoms with E-state index in [0.29, 0.717) is 6.61 Å². The van der Waals surface area contributed by atoms with Gasteiger partial charge in [0.2, 0.25) is 0 Å². The minimum atomic E-state index is -1.01. The number of aliphatic hydroxyl groups excluding tert-OH is 3. The maximum Gasteiger partial charge on any atom is 0.122 e. The molecule has 1 rings (SSSR count). The van der Waals surface area contributed by atoms with Crippen molar-refractivity contribution in [1.82, 2.24) is 5.32 Å². The molecule has 0 bridgehead atoms. The zero-order chi connectivity index (χ0) is 15.4. The van der Waals surface area contributed by atoms with E-state index in [2.05, 4.69) is 5.32 Å². The molecule has 0 spiro atoms. The van der Waals surface area contributed by atoms with Crippen LogP contribution in [-0.4, -0.2) is 66.2 Å². The van der Waals surface area contributed by atoms with Gasteiger partial charge in [0.1, 0.15) is 24.6 Å². The fraction of sp³-hybridized carbons (Fsp3) is 0.923. The lowest BCUT2D eigenvalue weighted by Gasteiger charge is -2.36. The molecule has 1 saturated heterocycles. The molecule has 4 N–H and O–H groups in total. The molecular formula is C13H29NO5. The number of aliphatic hydroxyl groups is 3. The van der Waals surface area contributed by atoms with Crippen LogP contribution in [-0.2, 0) is 9.53 Å². The smallest absolute Gasteiger partial charge is 0.122 e. The highest BCUT2D eigenvalue weighted by Crippen LogP contribution is 2.14. The van der Waals surface area contributed by atoms with E-state index in [0.717, 1.165) is 6.29 Å². The standard InChI is InChI=1S/C7H15NO4.C4H8O.C2H6/c1-8-4-3-12-5(2-9)7(11)6(4)10;1-4(2)3-5;1-2/h4-11H,2-3H2,1H3;3-4H,1-2H3;1-2H3. The summed E-state index contributed by atoms with van der Waals surface area (Å²) in [6.45, 7) is 7.74. The Morgan fingerprint density at radius 1 is 1.32 bits per heavy atom. The van der Waals surface area contributed by atoms with E-state index in [-0.39, 0.29) is 18.6 Å². The molecule has 0 aromatic rings. The second-order valence-electron chi connectivity index (χ2n) is 4.31. The number of likely N-dealkylation sites (N-methyl/N-ethyl adjacent to an activating group) is 1. The Labute approximate surface area is 115 Å². The highest BCUT2D eigenvalue weighted by Gasteiger charge is 2.36. The van der Waals surface area contributed by atoms with Crippen LogP contribution in [0.3, 0.4) is 0 Å². The molecule has 116 valence electrons. The summed E-state index contributed by atoms with van der Waals surface area (Å²) < 4.78 is 5.09. The van der Waals surface area contributed by atoms with Crippen LogP contribution in [0.25, 0.3) is 0 Å². The Balaban J connectivity index is 0. The third-order valence-electron chi connectivity index (χ3n) is 2.46. The van der Waals surface area contributed by atoms with Gasteiger partial charge >= 0.3 is 0 Å². The van der Waals surface area contributed by atoms with Gasteiger partial charge in [0.15, 0.2) is 0 Å². The van der Waals surface area contributed by atoms with E-state index >= 15 is 0 Å². The number of rotatable bonds is 3. The maximum absolute atomic E-state index is 9.50. The van der Waals surface area contributed by atoms with Gasteiger partial charge in [0.05, 0.1) is 19.3 Å². The average Bonchev–Trinajstić information content (AvgIpc) is 2.44. The van der Waals surface area contributed by atoms with Crippen LogP contribution in [0.1, 0.15) is 27.7 Å². The first-order valence-electron chi connectivity index (χ1n) is 6.69. The number of ether oxygens (including phenoxy) is 1. The van der Waals surface area contributed by atoms with Crippen molar-refractivity contribution >= 4 is 6.29 Å². The van der Waals surface area contributed by atoms with Gasteiger partial charge in [0, 0.05) is 5.92 Å². The van der Waals surface area contributed by atoms with Crippen LogP contribution in [0, 0.1) is 5.92 Å². The minimum absolute atomic E-state index is 0.204. The lowest BCUT2D eigenvalue weighted by molar-refractivity contribution is -0.160. The number of carbonyl (C=O) groups excluding carboxylic acids is 1. The molecule has 0 aliphatic carbocycles. The SMILES string of the molecule is CC.CC(C)C=O.CNC1COC(CO)C(O)C1O. The molecule has 19 heavy (non-hydrogen) atoms. The van der Waals surface area contributed by atoms with Gasteiger partial charge in [0.25, 0.3) is 0 Å². The number of nitrogens with one attached hydrogen (secondary N) is 1. The average molecular weight is 279 g/mol. The highest BCUT2D eigenvalue weighted by molar-refractivity contribution is 5.51. The number of hydrogen-bond donors (Lipinski definition) is 4. The maximum atomic E-state index is 9.50. The summed E-state index contributed by atoms with van der Waals surface area (Å²) >= 11 is 0. The molecule has 0 amide bonds. The normalized spacial score (nSPS) is 29.7. The quantitative estimate of drug-likeness (QED) is 0.523. The first-order valence-corrected chi connectivity index (χ1v) is 6.69. The summed E-state index contributed by atoms with van der Waals surface area (Å²) in [6, 6.07) is -0.261. The predicted octanol–water partition coefficient (Wildman–Crippen LogP) is -0.445. The molecule has 1 heterocycles. The Kier molecular flexibility index (Phi) is 13.7. The summed E-state index contributed by atoms with van der Waals surface area (Å²) in [5, 5.41) is 30.3. The Morgan fingerprint density at radius 2 is 1.79 bits per heavy atom. The monoisotopic (exact) mass is 279 g/mol. The van der Waals surface area contributed by atoms with Crippen molar-refractivity contribution in [3.63, 3.8) is 0 Å². The van der Waals surface area contributed by atoms with Gasteiger partial charge in [-0.2, -0.15) is 0 Å². The molecule has 6 nitrogen and oxygen atoms in total. The van der Waals surface area contributed by atoms with Crippen molar-refractivity contribution in [1.29, 1.82) is 0 Å². The topological polar surface area (TPSA) is 99.0 Å². The highest BCUT2D eigenvalue weighted by atomic mass is 16.5. The number of carbonyl (C=O) groups is 1. The molecular weight excluding hydrogens is 250 g/mol. The molecule has 1 aliphatic rings. The second kappa shape index (κ2) is 12.5. The molecule has 6 heteroatoms. The number of hydrogen-bond acceptors (Lipinski definition) is 6. The molecule has 0 radical (unpaired) electrons. The van der Waals surface area contributed by atoms with Crippen LogP contribution in [0.2, 0.25) is 0 Å². The van der Waals surface area contributed by atoms with Crippen LogP contribution < -0.4 is 5.32 Å². The van der Waals surface area contributed by atoms with Crippen molar-refractivity contribution in [2.24, 2.45) is 5.92 Å². The van der Waals surface area contributed by atoms with E-state index in [1.807, 2.05) is 27.7 Å². The molecule has 4 atom stereocenters. The first-order chi connectivity index (χ1) is 8.97. The van der Waals surface area contributed by atoms with Crippen LogP contribution in [0.15, 0.2) is 0 Å². The summed E-state index contributed by atoms with van der Waals surface area (Å²) in [5.41, 5.74) is 0. The molecule has 0 aromatic carbocycles. The Bertz CT molecular complexity index is 197. The van der Waals surface area contributed by atoms with E-state index in [9.17, 15) is 15.0 Å². The zero-order valence-corrected chi connectivity index (χ0v) is 12.5. The van der Waals surface area contributed by atoms with Crippen molar-refractivity contribution in [3.8, 4) is 0 Å². The fourth-order valence-corrected chi connectivity index (χ4v) is 1.30. The molecule has 0 saturated carbocycles. The molecule has 1 aliphatic heterocycles. The summed E-state index contributed by atoms with van der Waals surface area (Å²) in [4.78, 5) is 9.50.